The van der Waals surface area contributed by atoms with Crippen molar-refractivity contribution < 1.29 is 23.8 Å². The number of hydrogen-bond acceptors (Lipinski definition) is 7. The first kappa shape index (κ1) is 19.0. The van der Waals surface area contributed by atoms with Crippen LogP contribution in [0.5, 0.6) is 5.75 Å². The summed E-state index contributed by atoms with van der Waals surface area (Å²) in [6.45, 7) is -0.667. The molecule has 0 saturated heterocycles. The summed E-state index contributed by atoms with van der Waals surface area (Å²) in [5, 5.41) is 24.5. The van der Waals surface area contributed by atoms with Gasteiger partial charge in [-0.3, -0.25) is 4.79 Å². The quantitative estimate of drug-likeness (QED) is 0.488. The molecule has 1 aromatic heterocycles. The molecule has 2 N–H and O–H groups in total. The van der Waals surface area contributed by atoms with Gasteiger partial charge in [-0.1, -0.05) is 24.3 Å². The highest BCUT2D eigenvalue weighted by atomic mass is 19.1. The van der Waals surface area contributed by atoms with Gasteiger partial charge < -0.3 is 15.2 Å². The molecule has 0 aliphatic heterocycles. The van der Waals surface area contributed by atoms with Crippen molar-refractivity contribution in [3.63, 3.8) is 0 Å². The molecule has 150 valence electrons. The van der Waals surface area contributed by atoms with Crippen LogP contribution >= 0.6 is 0 Å². The highest BCUT2D eigenvalue weighted by Crippen LogP contribution is 2.25. The first-order valence-corrected chi connectivity index (χ1v) is 8.73. The van der Waals surface area contributed by atoms with E-state index in [0.717, 1.165) is 16.8 Å². The summed E-state index contributed by atoms with van der Waals surface area (Å²) in [6, 6.07) is 14.0. The number of phenolic OH excluding ortho intramolecular Hbond substituents is 1. The van der Waals surface area contributed by atoms with Gasteiger partial charge in [-0.25, -0.2) is 13.9 Å². The minimum Gasteiger partial charge on any atom is -0.507 e. The number of tetrazole rings is 1. The van der Waals surface area contributed by atoms with Crippen LogP contribution in [-0.4, -0.2) is 43.8 Å². The molecule has 4 rings (SSSR count). The molecule has 0 saturated carbocycles. The molecule has 9 nitrogen and oxygen atoms in total. The van der Waals surface area contributed by atoms with Gasteiger partial charge in [0.1, 0.15) is 23.5 Å². The van der Waals surface area contributed by atoms with E-state index in [9.17, 15) is 19.1 Å². The summed E-state index contributed by atoms with van der Waals surface area (Å²) in [4.78, 5) is 24.4. The SMILES string of the molecule is O=C(COC(=O)c1cc2ccccc2cc1O)Nc1cc(-n2cnnn2)ccc1F. The molecule has 0 aliphatic carbocycles. The van der Waals surface area contributed by atoms with E-state index in [-0.39, 0.29) is 17.0 Å². The van der Waals surface area contributed by atoms with E-state index >= 15 is 0 Å². The first-order valence-electron chi connectivity index (χ1n) is 8.73. The molecular formula is C20H14FN5O4. The predicted octanol–water partition coefficient (Wildman–Crippen LogP) is 2.46. The number of amides is 1. The summed E-state index contributed by atoms with van der Waals surface area (Å²) in [7, 11) is 0. The van der Waals surface area contributed by atoms with E-state index in [0.29, 0.717) is 5.69 Å². The van der Waals surface area contributed by atoms with Crippen molar-refractivity contribution in [3.05, 3.63) is 72.3 Å². The summed E-state index contributed by atoms with van der Waals surface area (Å²) in [5.41, 5.74) is 0.223. The van der Waals surface area contributed by atoms with Crippen LogP contribution in [0.3, 0.4) is 0 Å². The number of rotatable bonds is 5. The van der Waals surface area contributed by atoms with Crippen molar-refractivity contribution in [1.82, 2.24) is 20.2 Å². The zero-order chi connectivity index (χ0) is 21.1. The number of aromatic nitrogens is 4. The number of phenols is 1. The molecule has 0 aliphatic rings. The number of carbonyl (C=O) groups excluding carboxylic acids is 2. The molecule has 0 fully saturated rings. The third-order valence-corrected chi connectivity index (χ3v) is 4.26. The summed E-state index contributed by atoms with van der Waals surface area (Å²) in [6.07, 6.45) is 1.32. The maximum atomic E-state index is 14.0. The van der Waals surface area contributed by atoms with E-state index in [4.69, 9.17) is 4.74 Å². The number of nitrogens with one attached hydrogen (secondary N) is 1. The number of aromatic hydroxyl groups is 1. The fourth-order valence-electron chi connectivity index (χ4n) is 2.82. The van der Waals surface area contributed by atoms with E-state index in [2.05, 4.69) is 20.8 Å². The topological polar surface area (TPSA) is 119 Å². The molecule has 1 heterocycles. The minimum absolute atomic E-state index is 0.0756. The maximum Gasteiger partial charge on any atom is 0.342 e. The van der Waals surface area contributed by atoms with E-state index in [1.54, 1.807) is 24.3 Å². The molecule has 30 heavy (non-hydrogen) atoms. The smallest absolute Gasteiger partial charge is 0.342 e. The zero-order valence-corrected chi connectivity index (χ0v) is 15.3. The maximum absolute atomic E-state index is 14.0. The second kappa shape index (κ2) is 7.95. The Kier molecular flexibility index (Phi) is 5.04. The van der Waals surface area contributed by atoms with Gasteiger partial charge in [0, 0.05) is 0 Å². The standard InChI is InChI=1S/C20H14FN5O4/c21-16-6-5-14(26-11-22-24-25-26)9-17(16)23-19(28)10-30-20(29)15-7-12-3-1-2-4-13(12)8-18(15)27/h1-9,11,27H,10H2,(H,23,28). The van der Waals surface area contributed by atoms with E-state index < -0.39 is 24.3 Å². The van der Waals surface area contributed by atoms with Crippen molar-refractivity contribution in [2.45, 2.75) is 0 Å². The monoisotopic (exact) mass is 407 g/mol. The molecular weight excluding hydrogens is 393 g/mol. The normalized spacial score (nSPS) is 10.7. The number of ether oxygens (including phenoxy) is 1. The molecule has 10 heteroatoms. The van der Waals surface area contributed by atoms with Gasteiger partial charge in [0.05, 0.1) is 11.4 Å². The zero-order valence-electron chi connectivity index (χ0n) is 15.3. The third kappa shape index (κ3) is 3.92. The van der Waals surface area contributed by atoms with Crippen molar-refractivity contribution in [3.8, 4) is 11.4 Å². The highest BCUT2D eigenvalue weighted by Gasteiger charge is 2.16. The van der Waals surface area contributed by atoms with Crippen LogP contribution in [0.2, 0.25) is 0 Å². The number of halogens is 1. The summed E-state index contributed by atoms with van der Waals surface area (Å²) < 4.78 is 20.3. The Morgan fingerprint density at radius 3 is 2.60 bits per heavy atom. The fourth-order valence-corrected chi connectivity index (χ4v) is 2.82. The lowest BCUT2D eigenvalue weighted by molar-refractivity contribution is -0.119. The van der Waals surface area contributed by atoms with Gasteiger partial charge in [-0.15, -0.1) is 5.10 Å². The minimum atomic E-state index is -0.878. The van der Waals surface area contributed by atoms with Crippen molar-refractivity contribution in [2.75, 3.05) is 11.9 Å². The van der Waals surface area contributed by atoms with Gasteiger partial charge in [0.15, 0.2) is 6.61 Å². The van der Waals surface area contributed by atoms with Crippen LogP contribution in [0.1, 0.15) is 10.4 Å². The second-order valence-corrected chi connectivity index (χ2v) is 6.26. The number of nitrogens with zero attached hydrogens (tertiary/aromatic N) is 4. The summed E-state index contributed by atoms with van der Waals surface area (Å²) in [5.74, 6) is -2.58. The first-order chi connectivity index (χ1) is 14.5. The lowest BCUT2D eigenvalue weighted by Gasteiger charge is -2.10. The van der Waals surface area contributed by atoms with Gasteiger partial charge in [0.25, 0.3) is 5.91 Å². The number of benzene rings is 3. The third-order valence-electron chi connectivity index (χ3n) is 4.26. The van der Waals surface area contributed by atoms with Crippen molar-refractivity contribution in [2.24, 2.45) is 0 Å². The van der Waals surface area contributed by atoms with Gasteiger partial charge in [-0.2, -0.15) is 0 Å². The highest BCUT2D eigenvalue weighted by molar-refractivity contribution is 6.00. The van der Waals surface area contributed by atoms with Crippen molar-refractivity contribution >= 4 is 28.3 Å². The van der Waals surface area contributed by atoms with Gasteiger partial charge in [0.2, 0.25) is 0 Å². The Morgan fingerprint density at radius 1 is 1.10 bits per heavy atom. The van der Waals surface area contributed by atoms with Crippen LogP contribution in [0.15, 0.2) is 60.9 Å². The van der Waals surface area contributed by atoms with Crippen LogP contribution in [0.25, 0.3) is 16.5 Å². The fraction of sp³-hybridized carbons (Fsp3) is 0.0500. The molecule has 0 radical (unpaired) electrons. The molecule has 0 unspecified atom stereocenters. The van der Waals surface area contributed by atoms with Crippen LogP contribution < -0.4 is 5.32 Å². The predicted molar refractivity (Wildman–Crippen MR) is 104 cm³/mol. The molecule has 0 spiro atoms. The van der Waals surface area contributed by atoms with Crippen molar-refractivity contribution in [1.29, 1.82) is 0 Å². The number of carbonyl (C=O) groups is 2. The molecule has 0 atom stereocenters. The van der Waals surface area contributed by atoms with Crippen LogP contribution in [-0.2, 0) is 9.53 Å². The molecule has 1 amide bonds. The Bertz CT molecular complexity index is 1240. The van der Waals surface area contributed by atoms with E-state index in [1.807, 2.05) is 0 Å². The van der Waals surface area contributed by atoms with Gasteiger partial charge >= 0.3 is 5.97 Å². The number of hydrogen-bond donors (Lipinski definition) is 2. The lowest BCUT2D eigenvalue weighted by atomic mass is 10.1. The molecule has 4 aromatic rings. The Morgan fingerprint density at radius 2 is 1.87 bits per heavy atom. The Balaban J connectivity index is 1.43. The number of anilines is 1. The average Bonchev–Trinajstić information content (AvgIpc) is 3.28. The number of esters is 1. The van der Waals surface area contributed by atoms with Crippen LogP contribution in [0.4, 0.5) is 10.1 Å². The van der Waals surface area contributed by atoms with Gasteiger partial charge in [-0.05, 0) is 51.5 Å². The number of fused-ring (bicyclic) bond motifs is 1. The Labute approximate surface area is 168 Å². The summed E-state index contributed by atoms with van der Waals surface area (Å²) >= 11 is 0. The largest absolute Gasteiger partial charge is 0.507 e. The van der Waals surface area contributed by atoms with Crippen LogP contribution in [0, 0.1) is 5.82 Å². The molecule has 3 aromatic carbocycles. The lowest BCUT2D eigenvalue weighted by Crippen LogP contribution is -2.21. The average molecular weight is 407 g/mol. The van der Waals surface area contributed by atoms with E-state index in [1.165, 1.54) is 35.3 Å². The molecule has 0 bridgehead atoms. The second-order valence-electron chi connectivity index (χ2n) is 6.26. The Hall–Kier alpha value is -4.34.